The van der Waals surface area contributed by atoms with Crippen LogP contribution in [-0.4, -0.2) is 43.5 Å². The second-order valence-electron chi connectivity index (χ2n) is 5.71. The molecule has 1 unspecified atom stereocenters. The zero-order valence-electron chi connectivity index (χ0n) is 13.3. The van der Waals surface area contributed by atoms with E-state index in [0.717, 1.165) is 0 Å². The lowest BCUT2D eigenvalue weighted by Gasteiger charge is -2.15. The fourth-order valence-electron chi connectivity index (χ4n) is 2.36. The van der Waals surface area contributed by atoms with Crippen molar-refractivity contribution < 1.29 is 36.0 Å². The molecule has 0 aromatic heterocycles. The Labute approximate surface area is 147 Å². The van der Waals surface area contributed by atoms with Crippen LogP contribution in [0.5, 0.6) is 5.75 Å². The standard InChI is InChI=1S/C16H15F2NO6S/c17-16(18,26(21,22)23)15(20)19-7-10-5-6-14(25-9-11-8-24-11)13-4-2-1-3-12(10)13/h1-6,11H,7-9H2,(H,19,20)(H,21,22,23). The minimum Gasteiger partial charge on any atom is -0.490 e. The van der Waals surface area contributed by atoms with E-state index in [2.05, 4.69) is 0 Å². The number of amides is 1. The molecule has 1 heterocycles. The van der Waals surface area contributed by atoms with Gasteiger partial charge in [-0.2, -0.15) is 17.2 Å². The monoisotopic (exact) mass is 387 g/mol. The lowest BCUT2D eigenvalue weighted by molar-refractivity contribution is -0.136. The molecule has 3 rings (SSSR count). The molecule has 0 radical (unpaired) electrons. The Morgan fingerprint density at radius 3 is 2.54 bits per heavy atom. The smallest absolute Gasteiger partial charge is 0.446 e. The molecule has 2 N–H and O–H groups in total. The number of epoxide rings is 1. The average molecular weight is 387 g/mol. The second-order valence-corrected chi connectivity index (χ2v) is 7.17. The number of hydrogen-bond acceptors (Lipinski definition) is 5. The van der Waals surface area contributed by atoms with Gasteiger partial charge in [0.2, 0.25) is 0 Å². The summed E-state index contributed by atoms with van der Waals surface area (Å²) >= 11 is 0. The van der Waals surface area contributed by atoms with E-state index in [1.54, 1.807) is 36.4 Å². The first-order valence-electron chi connectivity index (χ1n) is 7.58. The van der Waals surface area contributed by atoms with Gasteiger partial charge in [-0.15, -0.1) is 0 Å². The Balaban J connectivity index is 1.80. The summed E-state index contributed by atoms with van der Waals surface area (Å²) in [7, 11) is -5.84. The van der Waals surface area contributed by atoms with Gasteiger partial charge in [0.05, 0.1) is 6.61 Å². The topological polar surface area (TPSA) is 105 Å². The molecule has 1 fully saturated rings. The second kappa shape index (κ2) is 6.78. The van der Waals surface area contributed by atoms with E-state index in [-0.39, 0.29) is 12.6 Å². The summed E-state index contributed by atoms with van der Waals surface area (Å²) in [6.07, 6.45) is 0.0652. The number of benzene rings is 2. The van der Waals surface area contributed by atoms with Crippen molar-refractivity contribution in [3.05, 3.63) is 42.0 Å². The van der Waals surface area contributed by atoms with Gasteiger partial charge in [-0.05, 0) is 17.0 Å². The largest absolute Gasteiger partial charge is 0.490 e. The van der Waals surface area contributed by atoms with Crippen molar-refractivity contribution in [2.24, 2.45) is 0 Å². The van der Waals surface area contributed by atoms with Gasteiger partial charge in [0.15, 0.2) is 0 Å². The Bertz CT molecular complexity index is 943. The van der Waals surface area contributed by atoms with E-state index in [1.807, 2.05) is 5.32 Å². The van der Waals surface area contributed by atoms with Crippen LogP contribution in [0, 0.1) is 0 Å². The van der Waals surface area contributed by atoms with E-state index in [1.165, 1.54) is 0 Å². The maximum Gasteiger partial charge on any atom is 0.446 e. The molecule has 26 heavy (non-hydrogen) atoms. The lowest BCUT2D eigenvalue weighted by Crippen LogP contribution is -2.45. The predicted octanol–water partition coefficient (Wildman–Crippen LogP) is 1.71. The zero-order valence-corrected chi connectivity index (χ0v) is 14.1. The van der Waals surface area contributed by atoms with Crippen molar-refractivity contribution in [2.75, 3.05) is 13.2 Å². The van der Waals surface area contributed by atoms with Crippen LogP contribution >= 0.6 is 0 Å². The number of nitrogens with one attached hydrogen (secondary N) is 1. The molecule has 1 aliphatic rings. The quantitative estimate of drug-likeness (QED) is 0.554. The molecule has 1 amide bonds. The van der Waals surface area contributed by atoms with Crippen LogP contribution < -0.4 is 10.1 Å². The fraction of sp³-hybridized carbons (Fsp3) is 0.312. The Kier molecular flexibility index (Phi) is 4.82. The van der Waals surface area contributed by atoms with Crippen molar-refractivity contribution in [3.8, 4) is 5.75 Å². The molecule has 7 nitrogen and oxygen atoms in total. The number of halogens is 2. The van der Waals surface area contributed by atoms with E-state index < -0.39 is 21.3 Å². The van der Waals surface area contributed by atoms with Crippen LogP contribution in [0.1, 0.15) is 5.56 Å². The number of carbonyl (C=O) groups excluding carboxylic acids is 1. The van der Waals surface area contributed by atoms with Crippen molar-refractivity contribution in [3.63, 3.8) is 0 Å². The highest BCUT2D eigenvalue weighted by atomic mass is 32.2. The molecule has 0 spiro atoms. The van der Waals surface area contributed by atoms with Crippen LogP contribution in [0.3, 0.4) is 0 Å². The number of rotatable bonds is 7. The van der Waals surface area contributed by atoms with E-state index in [0.29, 0.717) is 35.3 Å². The third-order valence-electron chi connectivity index (χ3n) is 3.83. The molecule has 140 valence electrons. The summed E-state index contributed by atoms with van der Waals surface area (Å²) in [4.78, 5) is 11.4. The highest BCUT2D eigenvalue weighted by Gasteiger charge is 2.52. The number of hydrogen-bond donors (Lipinski definition) is 2. The third kappa shape index (κ3) is 3.76. The summed E-state index contributed by atoms with van der Waals surface area (Å²) < 4.78 is 67.1. The fourth-order valence-corrected chi connectivity index (χ4v) is 2.66. The van der Waals surface area contributed by atoms with Crippen molar-refractivity contribution >= 4 is 26.8 Å². The Morgan fingerprint density at radius 1 is 1.27 bits per heavy atom. The van der Waals surface area contributed by atoms with Gasteiger partial charge in [-0.25, -0.2) is 0 Å². The molecule has 1 saturated heterocycles. The van der Waals surface area contributed by atoms with Crippen LogP contribution in [0.2, 0.25) is 0 Å². The highest BCUT2D eigenvalue weighted by molar-refractivity contribution is 7.87. The molecular weight excluding hydrogens is 372 g/mol. The SMILES string of the molecule is O=C(NCc1ccc(OCC2CO2)c2ccccc12)C(F)(F)S(=O)(=O)O. The molecule has 2 aromatic carbocycles. The van der Waals surface area contributed by atoms with Crippen LogP contribution in [0.25, 0.3) is 10.8 Å². The summed E-state index contributed by atoms with van der Waals surface area (Å²) in [6.45, 7) is 0.682. The van der Waals surface area contributed by atoms with Crippen molar-refractivity contribution in [1.29, 1.82) is 0 Å². The summed E-state index contributed by atoms with van der Waals surface area (Å²) in [5.74, 6) is -1.52. The lowest BCUT2D eigenvalue weighted by atomic mass is 10.0. The van der Waals surface area contributed by atoms with Crippen LogP contribution in [-0.2, 0) is 26.2 Å². The Hall–Kier alpha value is -2.30. The maximum atomic E-state index is 13.3. The summed E-state index contributed by atoms with van der Waals surface area (Å²) in [5, 5.41) is -1.73. The van der Waals surface area contributed by atoms with Crippen LogP contribution in [0.15, 0.2) is 36.4 Å². The highest BCUT2D eigenvalue weighted by Crippen LogP contribution is 2.29. The summed E-state index contributed by atoms with van der Waals surface area (Å²) in [5.41, 5.74) is 0.482. The predicted molar refractivity (Wildman–Crippen MR) is 87.5 cm³/mol. The zero-order chi connectivity index (χ0) is 18.9. The molecule has 10 heteroatoms. The van der Waals surface area contributed by atoms with Crippen molar-refractivity contribution in [1.82, 2.24) is 5.32 Å². The molecule has 1 atom stereocenters. The third-order valence-corrected chi connectivity index (χ3v) is 4.66. The number of ether oxygens (including phenoxy) is 2. The molecule has 2 aromatic rings. The average Bonchev–Trinajstić information content (AvgIpc) is 3.41. The first kappa shape index (κ1) is 18.5. The van der Waals surface area contributed by atoms with Gasteiger partial charge in [0, 0.05) is 11.9 Å². The minimum atomic E-state index is -5.84. The van der Waals surface area contributed by atoms with Gasteiger partial charge >= 0.3 is 21.3 Å². The minimum absolute atomic E-state index is 0.0652. The van der Waals surface area contributed by atoms with Gasteiger partial charge in [0.1, 0.15) is 18.5 Å². The van der Waals surface area contributed by atoms with Gasteiger partial charge in [-0.1, -0.05) is 30.3 Å². The Morgan fingerprint density at radius 2 is 1.92 bits per heavy atom. The van der Waals surface area contributed by atoms with Crippen molar-refractivity contribution in [2.45, 2.75) is 17.9 Å². The van der Waals surface area contributed by atoms with E-state index in [4.69, 9.17) is 14.0 Å². The van der Waals surface area contributed by atoms with Gasteiger partial charge in [-0.3, -0.25) is 9.35 Å². The number of alkyl halides is 2. The number of fused-ring (bicyclic) bond motifs is 1. The molecular formula is C16H15F2NO6S. The van der Waals surface area contributed by atoms with E-state index >= 15 is 0 Å². The van der Waals surface area contributed by atoms with Crippen LogP contribution in [0.4, 0.5) is 8.78 Å². The maximum absolute atomic E-state index is 13.3. The molecule has 0 aliphatic carbocycles. The molecule has 0 bridgehead atoms. The first-order chi connectivity index (χ1) is 12.2. The first-order valence-corrected chi connectivity index (χ1v) is 9.02. The molecule has 1 aliphatic heterocycles. The number of carbonyl (C=O) groups is 1. The van der Waals surface area contributed by atoms with Gasteiger partial charge in [0.25, 0.3) is 0 Å². The normalized spacial score (nSPS) is 17.1. The molecule has 0 saturated carbocycles. The van der Waals surface area contributed by atoms with Gasteiger partial charge < -0.3 is 14.8 Å². The van der Waals surface area contributed by atoms with E-state index in [9.17, 15) is 22.0 Å². The summed E-state index contributed by atoms with van der Waals surface area (Å²) in [6, 6.07) is 10.2.